The van der Waals surface area contributed by atoms with Gasteiger partial charge in [0.05, 0.1) is 11.1 Å². The zero-order valence-corrected chi connectivity index (χ0v) is 17.4. The largest absolute Gasteiger partial charge is 0.355 e. The molecule has 0 heterocycles. The van der Waals surface area contributed by atoms with Crippen LogP contribution in [-0.2, 0) is 0 Å². The number of thiocarbonyl (C=S) groups is 1. The van der Waals surface area contributed by atoms with Crippen LogP contribution in [0.5, 0.6) is 0 Å². The minimum Gasteiger partial charge on any atom is -0.355 e. The van der Waals surface area contributed by atoms with E-state index in [-0.39, 0.29) is 6.04 Å². The first-order chi connectivity index (χ1) is 11.3. The van der Waals surface area contributed by atoms with Crippen molar-refractivity contribution < 1.29 is 0 Å². The van der Waals surface area contributed by atoms with E-state index in [0.717, 1.165) is 10.2 Å². The van der Waals surface area contributed by atoms with E-state index in [0.29, 0.717) is 16.1 Å². The number of rotatable bonds is 4. The minimum absolute atomic E-state index is 0.150. The molecule has 128 valence electrons. The molecule has 0 aliphatic heterocycles. The second-order valence-corrected chi connectivity index (χ2v) is 7.98. The Morgan fingerprint density at radius 3 is 2.42 bits per heavy atom. The molecule has 0 aliphatic rings. The topological polar surface area (TPSA) is 24.1 Å². The molecule has 2 nitrogen and oxygen atoms in total. The molecule has 2 rings (SSSR count). The van der Waals surface area contributed by atoms with Crippen molar-refractivity contribution in [3.8, 4) is 0 Å². The van der Waals surface area contributed by atoms with Crippen LogP contribution in [0.1, 0.15) is 36.6 Å². The van der Waals surface area contributed by atoms with Gasteiger partial charge in [0.2, 0.25) is 0 Å². The molecule has 0 radical (unpaired) electrons. The maximum Gasteiger partial charge on any atom is 0.171 e. The first-order valence-corrected chi connectivity index (χ1v) is 9.45. The van der Waals surface area contributed by atoms with Crippen LogP contribution in [0.3, 0.4) is 0 Å². The second-order valence-electron chi connectivity index (χ2n) is 6.31. The van der Waals surface area contributed by atoms with Crippen molar-refractivity contribution in [1.82, 2.24) is 5.32 Å². The summed E-state index contributed by atoms with van der Waals surface area (Å²) in [6, 6.07) is 12.4. The van der Waals surface area contributed by atoms with Gasteiger partial charge in [0.15, 0.2) is 5.11 Å². The Hall–Kier alpha value is -1.10. The Bertz CT molecular complexity index is 746. The van der Waals surface area contributed by atoms with Gasteiger partial charge < -0.3 is 10.6 Å². The number of anilines is 1. The molecule has 5 heteroatoms. The number of benzene rings is 2. The molecule has 0 saturated heterocycles. The molecule has 0 bridgehead atoms. The summed E-state index contributed by atoms with van der Waals surface area (Å²) in [6.07, 6.45) is 0. The number of halogens is 2. The van der Waals surface area contributed by atoms with Gasteiger partial charge in [-0.1, -0.05) is 49.2 Å². The fourth-order valence-corrected chi connectivity index (χ4v) is 3.33. The van der Waals surface area contributed by atoms with E-state index in [4.69, 9.17) is 23.8 Å². The number of nitrogens with one attached hydrogen (secondary N) is 2. The summed E-state index contributed by atoms with van der Waals surface area (Å²) in [7, 11) is 0. The van der Waals surface area contributed by atoms with Gasteiger partial charge in [-0.2, -0.15) is 0 Å². The highest BCUT2D eigenvalue weighted by atomic mass is 79.9. The van der Waals surface area contributed by atoms with Gasteiger partial charge in [-0.3, -0.25) is 0 Å². The summed E-state index contributed by atoms with van der Waals surface area (Å²) in [5.74, 6) is 0.402. The third-order valence-corrected chi connectivity index (χ3v) is 5.34. The van der Waals surface area contributed by atoms with Gasteiger partial charge in [-0.25, -0.2) is 0 Å². The Morgan fingerprint density at radius 1 is 1.12 bits per heavy atom. The summed E-state index contributed by atoms with van der Waals surface area (Å²) in [4.78, 5) is 0. The minimum atomic E-state index is 0.150. The zero-order chi connectivity index (χ0) is 17.9. The number of hydrogen-bond donors (Lipinski definition) is 2. The van der Waals surface area contributed by atoms with E-state index in [2.05, 4.69) is 72.5 Å². The molecule has 0 aromatic heterocycles. The van der Waals surface area contributed by atoms with Crippen molar-refractivity contribution >= 4 is 50.5 Å². The van der Waals surface area contributed by atoms with Crippen LogP contribution in [0.2, 0.25) is 5.02 Å². The van der Waals surface area contributed by atoms with Gasteiger partial charge in [0.25, 0.3) is 0 Å². The Morgan fingerprint density at radius 2 is 1.83 bits per heavy atom. The highest BCUT2D eigenvalue weighted by Gasteiger charge is 2.18. The van der Waals surface area contributed by atoms with Crippen LogP contribution < -0.4 is 10.6 Å². The Balaban J connectivity index is 2.15. The molecule has 2 aromatic carbocycles. The van der Waals surface area contributed by atoms with Crippen LogP contribution in [0.4, 0.5) is 5.69 Å². The van der Waals surface area contributed by atoms with Gasteiger partial charge in [0.1, 0.15) is 0 Å². The number of hydrogen-bond acceptors (Lipinski definition) is 1. The van der Waals surface area contributed by atoms with Crippen molar-refractivity contribution in [1.29, 1.82) is 0 Å². The third kappa shape index (κ3) is 4.95. The molecule has 24 heavy (non-hydrogen) atoms. The predicted molar refractivity (Wildman–Crippen MR) is 112 cm³/mol. The monoisotopic (exact) mass is 424 g/mol. The Labute approximate surface area is 163 Å². The Kier molecular flexibility index (Phi) is 6.67. The van der Waals surface area contributed by atoms with Gasteiger partial charge in [-0.15, -0.1) is 0 Å². The molecule has 0 amide bonds. The molecular weight excluding hydrogens is 404 g/mol. The summed E-state index contributed by atoms with van der Waals surface area (Å²) in [5, 5.41) is 7.89. The molecule has 0 aliphatic carbocycles. The van der Waals surface area contributed by atoms with Crippen molar-refractivity contribution in [2.75, 3.05) is 5.32 Å². The van der Waals surface area contributed by atoms with Gasteiger partial charge in [0, 0.05) is 10.2 Å². The highest BCUT2D eigenvalue weighted by Crippen LogP contribution is 2.27. The average molecular weight is 426 g/mol. The second kappa shape index (κ2) is 8.32. The first-order valence-electron chi connectivity index (χ1n) is 7.87. The van der Waals surface area contributed by atoms with E-state index in [1.165, 1.54) is 16.7 Å². The molecule has 0 spiro atoms. The summed E-state index contributed by atoms with van der Waals surface area (Å²) in [6.45, 7) is 8.63. The van der Waals surface area contributed by atoms with Crippen LogP contribution in [-0.4, -0.2) is 5.11 Å². The summed E-state index contributed by atoms with van der Waals surface area (Å²) < 4.78 is 0.865. The standard InChI is InChI=1S/C19H22BrClN2S/c1-11(2)18(15-7-5-12(3)9-13(15)4)23-19(24)22-14-6-8-16(20)17(21)10-14/h5-11,18H,1-4H3,(H2,22,23,24)/t18-/m1/s1. The van der Waals surface area contributed by atoms with Crippen LogP contribution >= 0.6 is 39.7 Å². The van der Waals surface area contributed by atoms with Crippen molar-refractivity contribution in [2.45, 2.75) is 33.7 Å². The summed E-state index contributed by atoms with van der Waals surface area (Å²) >= 11 is 15.0. The molecule has 2 N–H and O–H groups in total. The van der Waals surface area contributed by atoms with Crippen LogP contribution in [0.15, 0.2) is 40.9 Å². The van der Waals surface area contributed by atoms with Crippen molar-refractivity contribution in [3.05, 3.63) is 62.6 Å². The van der Waals surface area contributed by atoms with Crippen molar-refractivity contribution in [2.24, 2.45) is 5.92 Å². The molecule has 0 fully saturated rings. The molecule has 1 atom stereocenters. The molecule has 0 unspecified atom stereocenters. The smallest absolute Gasteiger partial charge is 0.171 e. The lowest BCUT2D eigenvalue weighted by Gasteiger charge is -2.26. The SMILES string of the molecule is Cc1ccc([C@H](NC(=S)Nc2ccc(Br)c(Cl)c2)C(C)C)c(C)c1. The molecule has 0 saturated carbocycles. The van der Waals surface area contributed by atoms with Gasteiger partial charge in [-0.05, 0) is 77.2 Å². The van der Waals surface area contributed by atoms with Gasteiger partial charge >= 0.3 is 0 Å². The maximum atomic E-state index is 6.13. The van der Waals surface area contributed by atoms with E-state index in [1.807, 2.05) is 18.2 Å². The number of aryl methyl sites for hydroxylation is 2. The highest BCUT2D eigenvalue weighted by molar-refractivity contribution is 9.10. The maximum absolute atomic E-state index is 6.13. The fraction of sp³-hybridized carbons (Fsp3) is 0.316. The van der Waals surface area contributed by atoms with E-state index in [1.54, 1.807) is 0 Å². The first kappa shape index (κ1) is 19.2. The van der Waals surface area contributed by atoms with Crippen molar-refractivity contribution in [3.63, 3.8) is 0 Å². The lowest BCUT2D eigenvalue weighted by Crippen LogP contribution is -2.35. The predicted octanol–water partition coefficient (Wildman–Crippen LogP) is 6.40. The molecule has 2 aromatic rings. The van der Waals surface area contributed by atoms with E-state index >= 15 is 0 Å². The molecular formula is C19H22BrClN2S. The normalized spacial score (nSPS) is 12.1. The fourth-order valence-electron chi connectivity index (χ4n) is 2.66. The van der Waals surface area contributed by atoms with Crippen LogP contribution in [0, 0.1) is 19.8 Å². The van der Waals surface area contributed by atoms with E-state index < -0.39 is 0 Å². The lowest BCUT2D eigenvalue weighted by atomic mass is 9.92. The lowest BCUT2D eigenvalue weighted by molar-refractivity contribution is 0.471. The average Bonchev–Trinajstić information content (AvgIpc) is 2.49. The third-order valence-electron chi connectivity index (χ3n) is 3.89. The zero-order valence-electron chi connectivity index (χ0n) is 14.3. The quantitative estimate of drug-likeness (QED) is 0.554. The van der Waals surface area contributed by atoms with E-state index in [9.17, 15) is 0 Å². The van der Waals surface area contributed by atoms with Crippen LogP contribution in [0.25, 0.3) is 0 Å². The summed E-state index contributed by atoms with van der Waals surface area (Å²) in [5.41, 5.74) is 4.68.